The zero-order chi connectivity index (χ0) is 13.5. The van der Waals surface area contributed by atoms with Crippen molar-refractivity contribution in [2.24, 2.45) is 0 Å². The molecule has 0 amide bonds. The van der Waals surface area contributed by atoms with Crippen LogP contribution in [0.2, 0.25) is 5.15 Å². The Labute approximate surface area is 118 Å². The van der Waals surface area contributed by atoms with Crippen LogP contribution in [0, 0.1) is 0 Å². The molecule has 1 aromatic rings. The molecule has 0 aliphatic carbocycles. The Morgan fingerprint density at radius 2 is 2.42 bits per heavy atom. The summed E-state index contributed by atoms with van der Waals surface area (Å²) >= 11 is 5.96. The summed E-state index contributed by atoms with van der Waals surface area (Å²) < 4.78 is 10.9. The Balaban J connectivity index is 1.82. The third kappa shape index (κ3) is 4.93. The largest absolute Gasteiger partial charge is 0.378 e. The molecule has 106 valence electrons. The summed E-state index contributed by atoms with van der Waals surface area (Å²) in [5.74, 6) is 1.35. The third-order valence-corrected chi connectivity index (χ3v) is 3.17. The highest BCUT2D eigenvalue weighted by Crippen LogP contribution is 2.16. The fraction of sp³-hybridized carbons (Fsp3) is 0.692. The Morgan fingerprint density at radius 3 is 3.16 bits per heavy atom. The van der Waals surface area contributed by atoms with Crippen molar-refractivity contribution in [3.63, 3.8) is 0 Å². The summed E-state index contributed by atoms with van der Waals surface area (Å²) in [7, 11) is 0. The van der Waals surface area contributed by atoms with E-state index in [1.165, 1.54) is 6.42 Å². The fourth-order valence-corrected chi connectivity index (χ4v) is 2.25. The van der Waals surface area contributed by atoms with E-state index >= 15 is 0 Å². The predicted octanol–water partition coefficient (Wildman–Crippen LogP) is 2.65. The maximum Gasteiger partial charge on any atom is 0.158 e. The second-order valence-electron chi connectivity index (χ2n) is 4.48. The van der Waals surface area contributed by atoms with Crippen LogP contribution in [0.5, 0.6) is 0 Å². The lowest BCUT2D eigenvalue weighted by Gasteiger charge is -2.11. The summed E-state index contributed by atoms with van der Waals surface area (Å²) in [5.41, 5.74) is 0. The van der Waals surface area contributed by atoms with Crippen molar-refractivity contribution >= 4 is 17.4 Å². The number of halogens is 1. The third-order valence-electron chi connectivity index (χ3n) is 2.97. The smallest absolute Gasteiger partial charge is 0.158 e. The number of anilines is 1. The molecule has 1 aliphatic rings. The van der Waals surface area contributed by atoms with Gasteiger partial charge in [0.25, 0.3) is 0 Å². The zero-order valence-corrected chi connectivity index (χ0v) is 11.9. The first-order valence-electron chi connectivity index (χ1n) is 6.74. The fourth-order valence-electron chi connectivity index (χ4n) is 2.05. The van der Waals surface area contributed by atoms with Gasteiger partial charge in [0, 0.05) is 25.8 Å². The van der Waals surface area contributed by atoms with Crippen LogP contribution < -0.4 is 5.32 Å². The highest BCUT2D eigenvalue weighted by molar-refractivity contribution is 6.29. The van der Waals surface area contributed by atoms with E-state index in [4.69, 9.17) is 21.1 Å². The van der Waals surface area contributed by atoms with Crippen LogP contribution in [0.3, 0.4) is 0 Å². The van der Waals surface area contributed by atoms with Crippen molar-refractivity contribution in [1.82, 2.24) is 9.97 Å². The predicted molar refractivity (Wildman–Crippen MR) is 74.5 cm³/mol. The van der Waals surface area contributed by atoms with Gasteiger partial charge in [0.15, 0.2) is 5.82 Å². The molecule has 0 bridgehead atoms. The molecule has 1 N–H and O–H groups in total. The Kier molecular flexibility index (Phi) is 5.82. The van der Waals surface area contributed by atoms with E-state index < -0.39 is 0 Å². The highest BCUT2D eigenvalue weighted by Gasteiger charge is 2.14. The molecular weight excluding hydrogens is 266 g/mol. The SMILES string of the molecule is CCOCc1nc(Cl)cc(NCCC2CCCO2)n1. The molecule has 1 atom stereocenters. The minimum absolute atomic E-state index is 0.382. The second-order valence-corrected chi connectivity index (χ2v) is 4.87. The Morgan fingerprint density at radius 1 is 1.53 bits per heavy atom. The molecule has 0 radical (unpaired) electrons. The summed E-state index contributed by atoms with van der Waals surface area (Å²) in [4.78, 5) is 8.48. The van der Waals surface area contributed by atoms with Crippen LogP contribution in [-0.2, 0) is 16.1 Å². The van der Waals surface area contributed by atoms with Gasteiger partial charge in [-0.25, -0.2) is 9.97 Å². The minimum atomic E-state index is 0.382. The number of rotatable bonds is 7. The second kappa shape index (κ2) is 7.62. The van der Waals surface area contributed by atoms with Gasteiger partial charge in [-0.2, -0.15) is 0 Å². The van der Waals surface area contributed by atoms with Crippen LogP contribution in [0.1, 0.15) is 32.0 Å². The molecule has 0 saturated carbocycles. The first-order chi connectivity index (χ1) is 9.28. The Hall–Kier alpha value is -0.910. The summed E-state index contributed by atoms with van der Waals surface area (Å²) in [5, 5.41) is 3.69. The number of hydrogen-bond donors (Lipinski definition) is 1. The average molecular weight is 286 g/mol. The van der Waals surface area contributed by atoms with Crippen LogP contribution in [0.25, 0.3) is 0 Å². The van der Waals surface area contributed by atoms with Gasteiger partial charge in [-0.1, -0.05) is 11.6 Å². The molecule has 6 heteroatoms. The number of nitrogens with one attached hydrogen (secondary N) is 1. The first kappa shape index (κ1) is 14.5. The number of hydrogen-bond acceptors (Lipinski definition) is 5. The summed E-state index contributed by atoms with van der Waals surface area (Å²) in [6.07, 6.45) is 3.69. The van der Waals surface area contributed by atoms with Crippen LogP contribution >= 0.6 is 11.6 Å². The van der Waals surface area contributed by atoms with E-state index in [9.17, 15) is 0 Å². The van der Waals surface area contributed by atoms with E-state index in [0.717, 1.165) is 31.8 Å². The molecule has 5 nitrogen and oxygen atoms in total. The van der Waals surface area contributed by atoms with Crippen LogP contribution in [-0.4, -0.2) is 35.8 Å². The molecule has 1 aromatic heterocycles. The van der Waals surface area contributed by atoms with Gasteiger partial charge >= 0.3 is 0 Å². The first-order valence-corrected chi connectivity index (χ1v) is 7.12. The molecule has 19 heavy (non-hydrogen) atoms. The maximum absolute atomic E-state index is 5.96. The van der Waals surface area contributed by atoms with Crippen LogP contribution in [0.4, 0.5) is 5.82 Å². The van der Waals surface area contributed by atoms with Gasteiger partial charge in [-0.05, 0) is 26.2 Å². The van der Waals surface area contributed by atoms with Crippen molar-refractivity contribution in [3.05, 3.63) is 17.0 Å². The van der Waals surface area contributed by atoms with Gasteiger partial charge < -0.3 is 14.8 Å². The summed E-state index contributed by atoms with van der Waals surface area (Å²) in [6, 6.07) is 1.73. The van der Waals surface area contributed by atoms with Crippen molar-refractivity contribution in [3.8, 4) is 0 Å². The van der Waals surface area contributed by atoms with Gasteiger partial charge in [-0.3, -0.25) is 0 Å². The van der Waals surface area contributed by atoms with E-state index in [2.05, 4.69) is 15.3 Å². The van der Waals surface area contributed by atoms with Gasteiger partial charge in [-0.15, -0.1) is 0 Å². The Bertz CT molecular complexity index is 397. The molecule has 1 saturated heterocycles. The molecule has 1 fully saturated rings. The van der Waals surface area contributed by atoms with Crippen molar-refractivity contribution in [2.45, 2.75) is 38.9 Å². The quantitative estimate of drug-likeness (QED) is 0.781. The molecule has 1 aliphatic heterocycles. The monoisotopic (exact) mass is 285 g/mol. The van der Waals surface area contributed by atoms with Gasteiger partial charge in [0.2, 0.25) is 0 Å². The van der Waals surface area contributed by atoms with Crippen molar-refractivity contribution < 1.29 is 9.47 Å². The van der Waals surface area contributed by atoms with Crippen molar-refractivity contribution in [2.75, 3.05) is 25.1 Å². The normalized spacial score (nSPS) is 18.7. The van der Waals surface area contributed by atoms with Gasteiger partial charge in [0.05, 0.1) is 6.10 Å². The van der Waals surface area contributed by atoms with E-state index in [1.807, 2.05) is 6.92 Å². The highest BCUT2D eigenvalue weighted by atomic mass is 35.5. The number of aromatic nitrogens is 2. The topological polar surface area (TPSA) is 56.3 Å². The number of ether oxygens (including phenoxy) is 2. The minimum Gasteiger partial charge on any atom is -0.378 e. The molecule has 2 heterocycles. The lowest BCUT2D eigenvalue weighted by molar-refractivity contribution is 0.107. The molecule has 0 aromatic carbocycles. The van der Waals surface area contributed by atoms with E-state index in [-0.39, 0.29) is 0 Å². The molecule has 0 spiro atoms. The van der Waals surface area contributed by atoms with E-state index in [0.29, 0.717) is 30.3 Å². The van der Waals surface area contributed by atoms with Crippen LogP contribution in [0.15, 0.2) is 6.07 Å². The van der Waals surface area contributed by atoms with E-state index in [1.54, 1.807) is 6.07 Å². The summed E-state index contributed by atoms with van der Waals surface area (Å²) in [6.45, 7) is 4.68. The number of nitrogens with zero attached hydrogens (tertiary/aromatic N) is 2. The lowest BCUT2D eigenvalue weighted by atomic mass is 10.2. The van der Waals surface area contributed by atoms with Crippen molar-refractivity contribution in [1.29, 1.82) is 0 Å². The molecular formula is C13H20ClN3O2. The maximum atomic E-state index is 5.96. The molecule has 2 rings (SSSR count). The molecule has 1 unspecified atom stereocenters. The zero-order valence-electron chi connectivity index (χ0n) is 11.2. The van der Waals surface area contributed by atoms with Gasteiger partial charge in [0.1, 0.15) is 17.6 Å². The average Bonchev–Trinajstić information content (AvgIpc) is 2.89. The standard InChI is InChI=1S/C13H20ClN3O2/c1-2-18-9-13-16-11(14)8-12(17-13)15-6-5-10-4-3-7-19-10/h8,10H,2-7,9H2,1H3,(H,15,16,17). The lowest BCUT2D eigenvalue weighted by Crippen LogP contribution is -2.13.